The van der Waals surface area contributed by atoms with Crippen LogP contribution in [0.5, 0.6) is 0 Å². The van der Waals surface area contributed by atoms with E-state index in [1.54, 1.807) is 7.11 Å². The van der Waals surface area contributed by atoms with E-state index in [1.807, 2.05) is 6.07 Å². The number of methoxy groups -OCH3 is 1. The lowest BCUT2D eigenvalue weighted by molar-refractivity contribution is 0.0655. The summed E-state index contributed by atoms with van der Waals surface area (Å²) in [4.78, 5) is 0. The van der Waals surface area contributed by atoms with Crippen LogP contribution in [0, 0.1) is 0 Å². The highest BCUT2D eigenvalue weighted by Crippen LogP contribution is 2.23. The third-order valence-corrected chi connectivity index (χ3v) is 3.80. The van der Waals surface area contributed by atoms with Crippen molar-refractivity contribution in [1.29, 1.82) is 0 Å². The molecule has 2 atom stereocenters. The van der Waals surface area contributed by atoms with Gasteiger partial charge in [0.15, 0.2) is 0 Å². The van der Waals surface area contributed by atoms with Crippen LogP contribution in [0.3, 0.4) is 0 Å². The quantitative estimate of drug-likeness (QED) is 0.791. The zero-order chi connectivity index (χ0) is 14.9. The zero-order valence-electron chi connectivity index (χ0n) is 13.0. The van der Waals surface area contributed by atoms with Crippen molar-refractivity contribution in [2.45, 2.75) is 31.9 Å². The molecular weight excluding hydrogens is 258 g/mol. The van der Waals surface area contributed by atoms with E-state index < -0.39 is 0 Å². The van der Waals surface area contributed by atoms with Gasteiger partial charge in [-0.2, -0.15) is 0 Å². The molecule has 2 aromatic rings. The molecule has 0 aromatic heterocycles. The average Bonchev–Trinajstić information content (AvgIpc) is 2.55. The molecule has 2 aromatic carbocycles. The maximum atomic E-state index is 5.78. The molecule has 0 radical (unpaired) electrons. The topological polar surface area (TPSA) is 21.3 Å². The van der Waals surface area contributed by atoms with Crippen LogP contribution in [0.15, 0.2) is 60.7 Å². The molecule has 2 rings (SSSR count). The molecule has 2 nitrogen and oxygen atoms in total. The Morgan fingerprint density at radius 2 is 1.57 bits per heavy atom. The van der Waals surface area contributed by atoms with Gasteiger partial charge in [0.25, 0.3) is 0 Å². The molecule has 0 aliphatic rings. The molecule has 0 bridgehead atoms. The van der Waals surface area contributed by atoms with Crippen LogP contribution >= 0.6 is 0 Å². The Hall–Kier alpha value is -1.64. The minimum Gasteiger partial charge on any atom is -0.375 e. The number of ether oxygens (including phenoxy) is 1. The number of aryl methyl sites for hydroxylation is 1. The van der Waals surface area contributed by atoms with Crippen molar-refractivity contribution in [2.75, 3.05) is 13.7 Å². The second kappa shape index (κ2) is 8.60. The fraction of sp³-hybridized carbons (Fsp3) is 0.368. The first-order valence-corrected chi connectivity index (χ1v) is 7.70. The minimum absolute atomic E-state index is 0.0925. The third-order valence-electron chi connectivity index (χ3n) is 3.80. The van der Waals surface area contributed by atoms with E-state index in [2.05, 4.69) is 66.8 Å². The smallest absolute Gasteiger partial charge is 0.0974 e. The van der Waals surface area contributed by atoms with Crippen molar-refractivity contribution >= 4 is 0 Å². The van der Waals surface area contributed by atoms with Gasteiger partial charge in [-0.15, -0.1) is 0 Å². The predicted octanol–water partition coefficient (Wildman–Crippen LogP) is 3.99. The van der Waals surface area contributed by atoms with E-state index in [9.17, 15) is 0 Å². The largest absolute Gasteiger partial charge is 0.375 e. The first kappa shape index (κ1) is 15.7. The molecule has 0 fully saturated rings. The third kappa shape index (κ3) is 4.69. The summed E-state index contributed by atoms with van der Waals surface area (Å²) in [6.45, 7) is 3.10. The summed E-state index contributed by atoms with van der Waals surface area (Å²) < 4.78 is 5.78. The first-order valence-electron chi connectivity index (χ1n) is 7.70. The molecule has 0 aliphatic carbocycles. The molecule has 2 unspecified atom stereocenters. The van der Waals surface area contributed by atoms with E-state index in [0.717, 1.165) is 19.4 Å². The number of nitrogens with one attached hydrogen (secondary N) is 1. The number of hydrogen-bond acceptors (Lipinski definition) is 2. The maximum Gasteiger partial charge on any atom is 0.0974 e. The molecule has 0 saturated heterocycles. The lowest BCUT2D eigenvalue weighted by Crippen LogP contribution is -2.36. The molecule has 21 heavy (non-hydrogen) atoms. The molecule has 112 valence electrons. The van der Waals surface area contributed by atoms with Gasteiger partial charge in [-0.05, 0) is 30.5 Å². The van der Waals surface area contributed by atoms with Crippen molar-refractivity contribution in [3.63, 3.8) is 0 Å². The second-order valence-electron chi connectivity index (χ2n) is 5.26. The second-order valence-corrected chi connectivity index (χ2v) is 5.26. The zero-order valence-corrected chi connectivity index (χ0v) is 13.0. The number of benzene rings is 2. The number of likely N-dealkylation sites (N-methyl/N-ethyl adjacent to an activating group) is 1. The van der Waals surface area contributed by atoms with Crippen LogP contribution in [-0.4, -0.2) is 19.7 Å². The normalized spacial score (nSPS) is 13.8. The Kier molecular flexibility index (Phi) is 6.45. The van der Waals surface area contributed by atoms with Gasteiger partial charge < -0.3 is 10.1 Å². The van der Waals surface area contributed by atoms with Crippen LogP contribution in [0.2, 0.25) is 0 Å². The highest BCUT2D eigenvalue weighted by atomic mass is 16.5. The van der Waals surface area contributed by atoms with Crippen molar-refractivity contribution in [2.24, 2.45) is 0 Å². The Labute approximate surface area is 128 Å². The van der Waals surface area contributed by atoms with Crippen molar-refractivity contribution in [1.82, 2.24) is 5.32 Å². The van der Waals surface area contributed by atoms with Crippen LogP contribution in [0.25, 0.3) is 0 Å². The molecule has 0 saturated carbocycles. The summed E-state index contributed by atoms with van der Waals surface area (Å²) in [6.07, 6.45) is 2.21. The minimum atomic E-state index is 0.0925. The van der Waals surface area contributed by atoms with Crippen LogP contribution in [-0.2, 0) is 11.2 Å². The van der Waals surface area contributed by atoms with E-state index in [1.165, 1.54) is 11.1 Å². The van der Waals surface area contributed by atoms with Gasteiger partial charge in [0.2, 0.25) is 0 Å². The molecule has 2 heteroatoms. The highest BCUT2D eigenvalue weighted by Gasteiger charge is 2.21. The lowest BCUT2D eigenvalue weighted by atomic mass is 9.96. The summed E-state index contributed by atoms with van der Waals surface area (Å²) in [5.74, 6) is 0. The molecular formula is C19H25NO. The van der Waals surface area contributed by atoms with Crippen molar-refractivity contribution in [3.05, 3.63) is 71.8 Å². The van der Waals surface area contributed by atoms with E-state index in [-0.39, 0.29) is 6.10 Å². The molecule has 0 heterocycles. The fourth-order valence-corrected chi connectivity index (χ4v) is 2.76. The summed E-state index contributed by atoms with van der Waals surface area (Å²) in [5, 5.41) is 3.58. The number of hydrogen-bond donors (Lipinski definition) is 1. The molecule has 0 aliphatic heterocycles. The van der Waals surface area contributed by atoms with E-state index in [0.29, 0.717) is 6.04 Å². The molecule has 0 spiro atoms. The van der Waals surface area contributed by atoms with E-state index in [4.69, 9.17) is 4.74 Å². The van der Waals surface area contributed by atoms with Crippen molar-refractivity contribution < 1.29 is 4.74 Å². The van der Waals surface area contributed by atoms with Gasteiger partial charge in [-0.3, -0.25) is 0 Å². The maximum absolute atomic E-state index is 5.78. The Morgan fingerprint density at radius 3 is 2.14 bits per heavy atom. The first-order chi connectivity index (χ1) is 10.3. The van der Waals surface area contributed by atoms with Crippen LogP contribution < -0.4 is 5.32 Å². The van der Waals surface area contributed by atoms with Crippen LogP contribution in [0.4, 0.5) is 0 Å². The SMILES string of the molecule is CCNC(CCc1ccccc1)C(OC)c1ccccc1. The fourth-order valence-electron chi connectivity index (χ4n) is 2.76. The Bertz CT molecular complexity index is 497. The molecule has 0 amide bonds. The summed E-state index contributed by atoms with van der Waals surface area (Å²) in [6, 6.07) is 21.4. The monoisotopic (exact) mass is 283 g/mol. The average molecular weight is 283 g/mol. The van der Waals surface area contributed by atoms with Gasteiger partial charge in [-0.1, -0.05) is 67.6 Å². The summed E-state index contributed by atoms with van der Waals surface area (Å²) >= 11 is 0. The van der Waals surface area contributed by atoms with Crippen molar-refractivity contribution in [3.8, 4) is 0 Å². The lowest BCUT2D eigenvalue weighted by Gasteiger charge is -2.27. The number of rotatable bonds is 8. The Balaban J connectivity index is 2.06. The van der Waals surface area contributed by atoms with Gasteiger partial charge in [-0.25, -0.2) is 0 Å². The Morgan fingerprint density at radius 1 is 0.952 bits per heavy atom. The predicted molar refractivity (Wildman–Crippen MR) is 88.4 cm³/mol. The summed E-state index contributed by atoms with van der Waals surface area (Å²) in [5.41, 5.74) is 2.61. The van der Waals surface area contributed by atoms with E-state index >= 15 is 0 Å². The van der Waals surface area contributed by atoms with Gasteiger partial charge in [0.1, 0.15) is 0 Å². The summed E-state index contributed by atoms with van der Waals surface area (Å²) in [7, 11) is 1.80. The van der Waals surface area contributed by atoms with Gasteiger partial charge in [0, 0.05) is 13.2 Å². The highest BCUT2D eigenvalue weighted by molar-refractivity contribution is 5.20. The van der Waals surface area contributed by atoms with Gasteiger partial charge in [0.05, 0.1) is 6.10 Å². The van der Waals surface area contributed by atoms with Crippen LogP contribution in [0.1, 0.15) is 30.6 Å². The standard InChI is InChI=1S/C19H25NO/c1-3-20-18(15-14-16-10-6-4-7-11-16)19(21-2)17-12-8-5-9-13-17/h4-13,18-20H,3,14-15H2,1-2H3. The molecule has 1 N–H and O–H groups in total. The van der Waals surface area contributed by atoms with Gasteiger partial charge >= 0.3 is 0 Å².